The van der Waals surface area contributed by atoms with Gasteiger partial charge in [0, 0.05) is 15.5 Å². The van der Waals surface area contributed by atoms with E-state index in [1.54, 1.807) is 0 Å². The van der Waals surface area contributed by atoms with Gasteiger partial charge in [-0.1, -0.05) is 53.9 Å². The van der Waals surface area contributed by atoms with Crippen LogP contribution < -0.4 is 5.73 Å². The van der Waals surface area contributed by atoms with E-state index in [0.717, 1.165) is 21.5 Å². The van der Waals surface area contributed by atoms with Gasteiger partial charge in [0.1, 0.15) is 0 Å². The summed E-state index contributed by atoms with van der Waals surface area (Å²) in [7, 11) is 0. The normalized spacial score (nSPS) is 14.8. The summed E-state index contributed by atoms with van der Waals surface area (Å²) in [4.78, 5) is 0. The van der Waals surface area contributed by atoms with Crippen molar-refractivity contribution >= 4 is 27.5 Å². The van der Waals surface area contributed by atoms with E-state index in [0.29, 0.717) is 5.92 Å². The number of rotatable bonds is 5. The molecule has 2 N–H and O–H groups in total. The fourth-order valence-corrected chi connectivity index (χ4v) is 2.56. The van der Waals surface area contributed by atoms with E-state index in [4.69, 9.17) is 17.3 Å². The third-order valence-electron chi connectivity index (χ3n) is 2.95. The molecule has 0 saturated carbocycles. The van der Waals surface area contributed by atoms with Crippen molar-refractivity contribution in [1.29, 1.82) is 0 Å². The fraction of sp³-hybridized carbons (Fsp3) is 0.538. The number of hydrogen-bond acceptors (Lipinski definition) is 1. The summed E-state index contributed by atoms with van der Waals surface area (Å²) in [5.41, 5.74) is 7.31. The third-order valence-corrected chi connectivity index (χ3v) is 3.79. The van der Waals surface area contributed by atoms with Crippen LogP contribution in [0.4, 0.5) is 0 Å². The Morgan fingerprint density at radius 2 is 2.12 bits per heavy atom. The zero-order valence-corrected chi connectivity index (χ0v) is 12.2. The van der Waals surface area contributed by atoms with Gasteiger partial charge < -0.3 is 5.73 Å². The minimum absolute atomic E-state index is 0.193. The Labute approximate surface area is 111 Å². The smallest absolute Gasteiger partial charge is 0.0449 e. The van der Waals surface area contributed by atoms with Gasteiger partial charge in [-0.3, -0.25) is 0 Å². The number of benzene rings is 1. The molecule has 1 nitrogen and oxygen atoms in total. The largest absolute Gasteiger partial charge is 0.327 e. The minimum Gasteiger partial charge on any atom is -0.327 e. The number of nitrogens with two attached hydrogens (primary N) is 1. The van der Waals surface area contributed by atoms with Crippen molar-refractivity contribution in [2.45, 2.75) is 39.2 Å². The number of hydrogen-bond donors (Lipinski definition) is 1. The van der Waals surface area contributed by atoms with Crippen LogP contribution in [0.2, 0.25) is 5.02 Å². The molecule has 0 saturated heterocycles. The Morgan fingerprint density at radius 3 is 2.69 bits per heavy atom. The summed E-state index contributed by atoms with van der Waals surface area (Å²) in [5, 5.41) is 0.800. The lowest BCUT2D eigenvalue weighted by Crippen LogP contribution is -2.30. The van der Waals surface area contributed by atoms with Gasteiger partial charge in [-0.05, 0) is 36.5 Å². The molecule has 0 bridgehead atoms. The lowest BCUT2D eigenvalue weighted by atomic mass is 9.92. The second kappa shape index (κ2) is 6.63. The van der Waals surface area contributed by atoms with Gasteiger partial charge in [0.2, 0.25) is 0 Å². The molecular weight excluding hydrogens is 286 g/mol. The van der Waals surface area contributed by atoms with Gasteiger partial charge in [0.15, 0.2) is 0 Å². The average molecular weight is 305 g/mol. The van der Waals surface area contributed by atoms with Crippen molar-refractivity contribution in [3.05, 3.63) is 33.3 Å². The maximum absolute atomic E-state index is 6.17. The van der Waals surface area contributed by atoms with E-state index in [1.165, 1.54) is 12.8 Å². The van der Waals surface area contributed by atoms with Gasteiger partial charge in [-0.25, -0.2) is 0 Å². The molecule has 1 rings (SSSR count). The molecule has 0 fully saturated rings. The van der Waals surface area contributed by atoms with Gasteiger partial charge in [0.25, 0.3) is 0 Å². The Bertz CT molecular complexity index is 341. The molecular formula is C13H19BrClN. The van der Waals surface area contributed by atoms with Crippen molar-refractivity contribution < 1.29 is 0 Å². The molecule has 1 aromatic carbocycles. The SMILES string of the molecule is CCCC(C)C(N)Cc1ccc(Br)cc1Cl. The van der Waals surface area contributed by atoms with Crippen LogP contribution in [0.15, 0.2) is 22.7 Å². The van der Waals surface area contributed by atoms with Gasteiger partial charge >= 0.3 is 0 Å². The molecule has 0 spiro atoms. The highest BCUT2D eigenvalue weighted by Gasteiger charge is 2.14. The summed E-state index contributed by atoms with van der Waals surface area (Å²) in [6.07, 6.45) is 3.21. The van der Waals surface area contributed by atoms with Crippen molar-refractivity contribution in [2.75, 3.05) is 0 Å². The van der Waals surface area contributed by atoms with Crippen LogP contribution in [0, 0.1) is 5.92 Å². The molecule has 0 radical (unpaired) electrons. The van der Waals surface area contributed by atoms with E-state index in [9.17, 15) is 0 Å². The molecule has 0 aromatic heterocycles. The molecule has 1 aromatic rings. The summed E-state index contributed by atoms with van der Waals surface area (Å²) in [5.74, 6) is 0.546. The summed E-state index contributed by atoms with van der Waals surface area (Å²) < 4.78 is 1.01. The summed E-state index contributed by atoms with van der Waals surface area (Å²) in [6, 6.07) is 6.18. The van der Waals surface area contributed by atoms with Gasteiger partial charge in [-0.15, -0.1) is 0 Å². The van der Waals surface area contributed by atoms with Crippen molar-refractivity contribution in [3.8, 4) is 0 Å². The molecule has 2 atom stereocenters. The summed E-state index contributed by atoms with van der Waals surface area (Å²) >= 11 is 9.57. The Balaban J connectivity index is 2.65. The predicted molar refractivity (Wildman–Crippen MR) is 74.9 cm³/mol. The van der Waals surface area contributed by atoms with Gasteiger partial charge in [-0.2, -0.15) is 0 Å². The Hall–Kier alpha value is -0.0500. The highest BCUT2D eigenvalue weighted by atomic mass is 79.9. The molecule has 0 amide bonds. The van der Waals surface area contributed by atoms with Crippen LogP contribution >= 0.6 is 27.5 Å². The molecule has 0 aliphatic rings. The highest BCUT2D eigenvalue weighted by molar-refractivity contribution is 9.10. The molecule has 90 valence electrons. The first kappa shape index (κ1) is 14.0. The van der Waals surface area contributed by atoms with Crippen LogP contribution in [0.3, 0.4) is 0 Å². The molecule has 0 aliphatic heterocycles. The van der Waals surface area contributed by atoms with E-state index in [-0.39, 0.29) is 6.04 Å². The first-order chi connectivity index (χ1) is 7.54. The number of halogens is 2. The van der Waals surface area contributed by atoms with Crippen LogP contribution in [0.25, 0.3) is 0 Å². The van der Waals surface area contributed by atoms with Crippen molar-refractivity contribution in [3.63, 3.8) is 0 Å². The van der Waals surface area contributed by atoms with Crippen LogP contribution in [0.1, 0.15) is 32.3 Å². The zero-order valence-electron chi connectivity index (χ0n) is 9.84. The lowest BCUT2D eigenvalue weighted by molar-refractivity contribution is 0.420. The molecule has 0 aliphatic carbocycles. The third kappa shape index (κ3) is 4.08. The summed E-state index contributed by atoms with van der Waals surface area (Å²) in [6.45, 7) is 4.40. The second-order valence-corrected chi connectivity index (χ2v) is 5.69. The van der Waals surface area contributed by atoms with Crippen LogP contribution in [-0.2, 0) is 6.42 Å². The van der Waals surface area contributed by atoms with E-state index >= 15 is 0 Å². The molecule has 16 heavy (non-hydrogen) atoms. The molecule has 3 heteroatoms. The van der Waals surface area contributed by atoms with Gasteiger partial charge in [0.05, 0.1) is 0 Å². The highest BCUT2D eigenvalue weighted by Crippen LogP contribution is 2.24. The Morgan fingerprint density at radius 1 is 1.44 bits per heavy atom. The first-order valence-corrected chi connectivity index (χ1v) is 6.91. The maximum atomic E-state index is 6.17. The lowest BCUT2D eigenvalue weighted by Gasteiger charge is -2.19. The maximum Gasteiger partial charge on any atom is 0.0449 e. The van der Waals surface area contributed by atoms with Crippen molar-refractivity contribution in [1.82, 2.24) is 0 Å². The molecule has 0 heterocycles. The quantitative estimate of drug-likeness (QED) is 0.857. The standard InChI is InChI=1S/C13H19BrClN/c1-3-4-9(2)13(16)7-10-5-6-11(14)8-12(10)15/h5-6,8-9,13H,3-4,7,16H2,1-2H3. The van der Waals surface area contributed by atoms with Crippen molar-refractivity contribution in [2.24, 2.45) is 11.7 Å². The minimum atomic E-state index is 0.193. The van der Waals surface area contributed by atoms with E-state index in [1.807, 2.05) is 18.2 Å². The van der Waals surface area contributed by atoms with Crippen LogP contribution in [-0.4, -0.2) is 6.04 Å². The zero-order chi connectivity index (χ0) is 12.1. The topological polar surface area (TPSA) is 26.0 Å². The fourth-order valence-electron chi connectivity index (χ4n) is 1.81. The van der Waals surface area contributed by atoms with E-state index in [2.05, 4.69) is 29.8 Å². The predicted octanol–water partition coefficient (Wildman–Crippen LogP) is 4.41. The van der Waals surface area contributed by atoms with E-state index < -0.39 is 0 Å². The monoisotopic (exact) mass is 303 g/mol. The van der Waals surface area contributed by atoms with Crippen LogP contribution in [0.5, 0.6) is 0 Å². The Kier molecular flexibility index (Phi) is 5.81. The first-order valence-electron chi connectivity index (χ1n) is 5.74. The molecule has 2 unspecified atom stereocenters. The average Bonchev–Trinajstić information content (AvgIpc) is 2.22. The second-order valence-electron chi connectivity index (χ2n) is 4.37.